The third kappa shape index (κ3) is 5.20. The van der Waals surface area contributed by atoms with Gasteiger partial charge in [0.2, 0.25) is 0 Å². The zero-order valence-electron chi connectivity index (χ0n) is 14.7. The lowest BCUT2D eigenvalue weighted by Crippen LogP contribution is -2.32. The van der Waals surface area contributed by atoms with Crippen LogP contribution < -0.4 is 15.4 Å². The van der Waals surface area contributed by atoms with Crippen LogP contribution in [0.15, 0.2) is 54.6 Å². The molecule has 4 heteroatoms. The average molecular weight is 355 g/mol. The molecule has 0 aliphatic heterocycles. The number of thiocarbonyl (C=S) groups is 1. The minimum atomic E-state index is 0.214. The summed E-state index contributed by atoms with van der Waals surface area (Å²) in [5, 5.41) is 7.30. The molecule has 0 unspecified atom stereocenters. The Hall–Kier alpha value is -2.07. The highest BCUT2D eigenvalue weighted by Gasteiger charge is 2.16. The fourth-order valence-electron chi connectivity index (χ4n) is 3.25. The summed E-state index contributed by atoms with van der Waals surface area (Å²) in [7, 11) is 0. The molecule has 1 aliphatic rings. The van der Waals surface area contributed by atoms with E-state index in [0.717, 1.165) is 17.9 Å². The monoisotopic (exact) mass is 354 g/mol. The molecule has 0 spiro atoms. The Morgan fingerprint density at radius 1 is 1.08 bits per heavy atom. The molecule has 1 saturated carbocycles. The molecule has 2 N–H and O–H groups in total. The van der Waals surface area contributed by atoms with E-state index in [1.54, 1.807) is 0 Å². The molecule has 0 saturated heterocycles. The second-order valence-corrected chi connectivity index (χ2v) is 6.93. The quantitative estimate of drug-likeness (QED) is 0.676. The van der Waals surface area contributed by atoms with Crippen LogP contribution in [-0.4, -0.2) is 11.2 Å². The molecule has 132 valence electrons. The number of hydrogen-bond acceptors (Lipinski definition) is 2. The fourth-order valence-corrected chi connectivity index (χ4v) is 3.51. The standard InChI is InChI=1S/C21H26N2OS/c1-2-20(16-8-4-3-5-9-16)23-21(25)22-17-12-14-19(15-13-17)24-18-10-6-7-11-18/h3-5,8-9,12-15,18,20H,2,6-7,10-11H2,1H3,(H2,22,23,25)/t20-/m0/s1. The molecule has 1 fully saturated rings. The first kappa shape index (κ1) is 17.7. The van der Waals surface area contributed by atoms with Crippen molar-refractivity contribution in [2.75, 3.05) is 5.32 Å². The van der Waals surface area contributed by atoms with Crippen LogP contribution in [0.2, 0.25) is 0 Å². The lowest BCUT2D eigenvalue weighted by Gasteiger charge is -2.20. The van der Waals surface area contributed by atoms with Crippen molar-refractivity contribution < 1.29 is 4.74 Å². The SMILES string of the molecule is CC[C@H](NC(=S)Nc1ccc(OC2CCCC2)cc1)c1ccccc1. The van der Waals surface area contributed by atoms with Gasteiger partial charge in [-0.2, -0.15) is 0 Å². The molecule has 3 nitrogen and oxygen atoms in total. The molecule has 0 bridgehead atoms. The van der Waals surface area contributed by atoms with Gasteiger partial charge in [-0.25, -0.2) is 0 Å². The highest BCUT2D eigenvalue weighted by molar-refractivity contribution is 7.80. The van der Waals surface area contributed by atoms with Crippen LogP contribution in [0.25, 0.3) is 0 Å². The number of ether oxygens (including phenoxy) is 1. The van der Waals surface area contributed by atoms with Crippen molar-refractivity contribution in [2.45, 2.75) is 51.2 Å². The highest BCUT2D eigenvalue weighted by atomic mass is 32.1. The third-order valence-electron chi connectivity index (χ3n) is 4.63. The summed E-state index contributed by atoms with van der Waals surface area (Å²) in [5.74, 6) is 0.937. The van der Waals surface area contributed by atoms with Crippen LogP contribution in [0, 0.1) is 0 Å². The van der Waals surface area contributed by atoms with E-state index >= 15 is 0 Å². The van der Waals surface area contributed by atoms with E-state index in [2.05, 4.69) is 41.8 Å². The van der Waals surface area contributed by atoms with E-state index in [1.807, 2.05) is 30.3 Å². The highest BCUT2D eigenvalue weighted by Crippen LogP contribution is 2.25. The van der Waals surface area contributed by atoms with Crippen LogP contribution in [0.4, 0.5) is 5.69 Å². The molecule has 3 rings (SSSR count). The zero-order valence-corrected chi connectivity index (χ0v) is 15.5. The van der Waals surface area contributed by atoms with Crippen LogP contribution in [0.1, 0.15) is 50.6 Å². The molecular weight excluding hydrogens is 328 g/mol. The first-order valence-electron chi connectivity index (χ1n) is 9.14. The number of hydrogen-bond donors (Lipinski definition) is 2. The van der Waals surface area contributed by atoms with Crippen molar-refractivity contribution in [3.8, 4) is 5.75 Å². The largest absolute Gasteiger partial charge is 0.490 e. The van der Waals surface area contributed by atoms with Crippen molar-refractivity contribution >= 4 is 23.0 Å². The molecule has 0 amide bonds. The minimum Gasteiger partial charge on any atom is -0.490 e. The van der Waals surface area contributed by atoms with Gasteiger partial charge in [0.15, 0.2) is 5.11 Å². The van der Waals surface area contributed by atoms with Gasteiger partial charge < -0.3 is 15.4 Å². The summed E-state index contributed by atoms with van der Waals surface area (Å²) < 4.78 is 6.00. The van der Waals surface area contributed by atoms with E-state index in [1.165, 1.54) is 31.2 Å². The maximum Gasteiger partial charge on any atom is 0.171 e. The summed E-state index contributed by atoms with van der Waals surface area (Å²) in [6.45, 7) is 2.16. The Morgan fingerprint density at radius 2 is 1.76 bits per heavy atom. The molecule has 1 aliphatic carbocycles. The Bertz CT molecular complexity index is 666. The first-order valence-corrected chi connectivity index (χ1v) is 9.54. The van der Waals surface area contributed by atoms with Crippen LogP contribution >= 0.6 is 12.2 Å². The van der Waals surface area contributed by atoms with Crippen LogP contribution in [0.3, 0.4) is 0 Å². The van der Waals surface area contributed by atoms with Gasteiger partial charge in [-0.05, 0) is 74.2 Å². The van der Waals surface area contributed by atoms with E-state index in [0.29, 0.717) is 11.2 Å². The van der Waals surface area contributed by atoms with Gasteiger partial charge in [0.1, 0.15) is 5.75 Å². The Morgan fingerprint density at radius 3 is 2.40 bits per heavy atom. The second-order valence-electron chi connectivity index (χ2n) is 6.52. The summed E-state index contributed by atoms with van der Waals surface area (Å²) in [6.07, 6.45) is 6.27. The van der Waals surface area contributed by atoms with Gasteiger partial charge >= 0.3 is 0 Å². The number of nitrogens with one attached hydrogen (secondary N) is 2. The van der Waals surface area contributed by atoms with Crippen molar-refractivity contribution in [3.63, 3.8) is 0 Å². The summed E-state index contributed by atoms with van der Waals surface area (Å²) in [5.41, 5.74) is 2.22. The lowest BCUT2D eigenvalue weighted by atomic mass is 10.1. The second kappa shape index (κ2) is 8.86. The summed E-state index contributed by atoms with van der Waals surface area (Å²) in [4.78, 5) is 0. The number of rotatable bonds is 6. The molecule has 0 heterocycles. The van der Waals surface area contributed by atoms with Crippen molar-refractivity contribution in [1.82, 2.24) is 5.32 Å². The van der Waals surface area contributed by atoms with Gasteiger partial charge in [0.05, 0.1) is 12.1 Å². The van der Waals surface area contributed by atoms with E-state index in [-0.39, 0.29) is 6.04 Å². The minimum absolute atomic E-state index is 0.214. The Balaban J connectivity index is 1.53. The van der Waals surface area contributed by atoms with Gasteiger partial charge in [-0.15, -0.1) is 0 Å². The smallest absolute Gasteiger partial charge is 0.171 e. The lowest BCUT2D eigenvalue weighted by molar-refractivity contribution is 0.210. The maximum absolute atomic E-state index is 6.00. The van der Waals surface area contributed by atoms with Gasteiger partial charge in [0.25, 0.3) is 0 Å². The molecule has 1 atom stereocenters. The van der Waals surface area contributed by atoms with Gasteiger partial charge in [-0.1, -0.05) is 37.3 Å². The molecule has 0 aromatic heterocycles. The Kier molecular flexibility index (Phi) is 6.29. The van der Waals surface area contributed by atoms with E-state index in [9.17, 15) is 0 Å². The first-order chi connectivity index (χ1) is 12.2. The maximum atomic E-state index is 6.00. The number of anilines is 1. The van der Waals surface area contributed by atoms with E-state index < -0.39 is 0 Å². The summed E-state index contributed by atoms with van der Waals surface area (Å²) >= 11 is 5.47. The normalized spacial score (nSPS) is 15.6. The number of benzene rings is 2. The predicted molar refractivity (Wildman–Crippen MR) is 108 cm³/mol. The average Bonchev–Trinajstić information content (AvgIpc) is 3.15. The van der Waals surface area contributed by atoms with Crippen LogP contribution in [-0.2, 0) is 0 Å². The molecular formula is C21H26N2OS. The van der Waals surface area contributed by atoms with Gasteiger partial charge in [-0.3, -0.25) is 0 Å². The zero-order chi connectivity index (χ0) is 17.5. The van der Waals surface area contributed by atoms with E-state index in [4.69, 9.17) is 17.0 Å². The molecule has 0 radical (unpaired) electrons. The summed E-state index contributed by atoms with van der Waals surface area (Å²) in [6, 6.07) is 18.7. The molecule has 25 heavy (non-hydrogen) atoms. The van der Waals surface area contributed by atoms with Crippen molar-refractivity contribution in [2.24, 2.45) is 0 Å². The van der Waals surface area contributed by atoms with Crippen molar-refractivity contribution in [1.29, 1.82) is 0 Å². The van der Waals surface area contributed by atoms with Crippen molar-refractivity contribution in [3.05, 3.63) is 60.2 Å². The van der Waals surface area contributed by atoms with Gasteiger partial charge in [0, 0.05) is 5.69 Å². The fraction of sp³-hybridized carbons (Fsp3) is 0.381. The third-order valence-corrected chi connectivity index (χ3v) is 4.85. The molecule has 2 aromatic carbocycles. The predicted octanol–water partition coefficient (Wildman–Crippen LogP) is 5.45. The molecule has 2 aromatic rings. The Labute approximate surface area is 155 Å². The topological polar surface area (TPSA) is 33.3 Å². The van der Waals surface area contributed by atoms with Crippen LogP contribution in [0.5, 0.6) is 5.75 Å².